The molecule has 0 aromatic heterocycles. The maximum absolute atomic E-state index is 8.83. The molecule has 3 nitrogen and oxygen atoms in total. The lowest BCUT2D eigenvalue weighted by atomic mass is 10.1. The summed E-state index contributed by atoms with van der Waals surface area (Å²) >= 11 is 0. The summed E-state index contributed by atoms with van der Waals surface area (Å²) < 4.78 is 0. The van der Waals surface area contributed by atoms with Crippen molar-refractivity contribution in [1.29, 1.82) is 5.26 Å². The minimum Gasteiger partial charge on any atom is -0.370 e. The van der Waals surface area contributed by atoms with E-state index in [4.69, 9.17) is 5.26 Å². The molecular formula is C19H19N3. The normalized spacial score (nSPS) is 15.0. The first-order chi connectivity index (χ1) is 10.9. The van der Waals surface area contributed by atoms with Crippen LogP contribution in [0.25, 0.3) is 0 Å². The van der Waals surface area contributed by atoms with Crippen molar-refractivity contribution < 1.29 is 0 Å². The third kappa shape index (κ3) is 3.35. The van der Waals surface area contributed by atoms with Crippen LogP contribution in [0.2, 0.25) is 0 Å². The number of hydrogen-bond acceptors (Lipinski definition) is 3. The quantitative estimate of drug-likeness (QED) is 0.790. The fraction of sp³-hybridized carbons (Fsp3) is 0.263. The second kappa shape index (κ2) is 6.91. The highest BCUT2D eigenvalue weighted by atomic mass is 15.1. The van der Waals surface area contributed by atoms with Gasteiger partial charge in [-0.3, -0.25) is 4.99 Å². The Kier molecular flexibility index (Phi) is 4.50. The average molecular weight is 289 g/mol. The van der Waals surface area contributed by atoms with Crippen molar-refractivity contribution >= 4 is 17.6 Å². The Hall–Kier alpha value is -2.60. The molecule has 0 radical (unpaired) electrons. The SMILES string of the molecule is N#Cc1ccc(/C=N/c2ccccc2N2CCCCC2)cc1. The molecule has 110 valence electrons. The fourth-order valence-electron chi connectivity index (χ4n) is 2.76. The van der Waals surface area contributed by atoms with Crippen LogP contribution >= 0.6 is 0 Å². The molecule has 0 atom stereocenters. The molecule has 1 aliphatic rings. The van der Waals surface area contributed by atoms with Gasteiger partial charge in [0.1, 0.15) is 0 Å². The topological polar surface area (TPSA) is 39.4 Å². The lowest BCUT2D eigenvalue weighted by molar-refractivity contribution is 0.578. The smallest absolute Gasteiger partial charge is 0.0991 e. The number of rotatable bonds is 3. The van der Waals surface area contributed by atoms with E-state index in [9.17, 15) is 0 Å². The van der Waals surface area contributed by atoms with E-state index in [1.165, 1.54) is 24.9 Å². The molecule has 2 aromatic carbocycles. The molecule has 0 amide bonds. The Morgan fingerprint density at radius 1 is 0.955 bits per heavy atom. The summed E-state index contributed by atoms with van der Waals surface area (Å²) in [6.07, 6.45) is 5.71. The monoisotopic (exact) mass is 289 g/mol. The van der Waals surface area contributed by atoms with Crippen LogP contribution < -0.4 is 4.90 Å². The summed E-state index contributed by atoms with van der Waals surface area (Å²) in [4.78, 5) is 7.08. The maximum atomic E-state index is 8.83. The number of piperidine rings is 1. The highest BCUT2D eigenvalue weighted by Crippen LogP contribution is 2.30. The minimum atomic E-state index is 0.672. The zero-order valence-corrected chi connectivity index (χ0v) is 12.6. The molecule has 0 aliphatic carbocycles. The first-order valence-corrected chi connectivity index (χ1v) is 7.75. The standard InChI is InChI=1S/C19H19N3/c20-14-16-8-10-17(11-9-16)15-21-18-6-2-3-7-19(18)22-12-4-1-5-13-22/h2-3,6-11,15H,1,4-5,12-13H2/b21-15+. The first kappa shape index (κ1) is 14.3. The van der Waals surface area contributed by atoms with Crippen LogP contribution in [0, 0.1) is 11.3 Å². The molecule has 1 fully saturated rings. The molecule has 0 bridgehead atoms. The highest BCUT2D eigenvalue weighted by Gasteiger charge is 2.13. The Balaban J connectivity index is 1.82. The van der Waals surface area contributed by atoms with Crippen molar-refractivity contribution in [2.24, 2.45) is 4.99 Å². The Labute approximate surface area is 131 Å². The van der Waals surface area contributed by atoms with E-state index in [2.05, 4.69) is 34.2 Å². The van der Waals surface area contributed by atoms with Crippen LogP contribution in [-0.2, 0) is 0 Å². The molecule has 1 aliphatic heterocycles. The zero-order chi connectivity index (χ0) is 15.2. The van der Waals surface area contributed by atoms with Crippen LogP contribution in [0.1, 0.15) is 30.4 Å². The Morgan fingerprint density at radius 2 is 1.68 bits per heavy atom. The van der Waals surface area contributed by atoms with Gasteiger partial charge < -0.3 is 4.90 Å². The van der Waals surface area contributed by atoms with Crippen LogP contribution in [0.4, 0.5) is 11.4 Å². The van der Waals surface area contributed by atoms with Crippen LogP contribution in [0.5, 0.6) is 0 Å². The van der Waals surface area contributed by atoms with Crippen molar-refractivity contribution in [2.75, 3.05) is 18.0 Å². The van der Waals surface area contributed by atoms with E-state index in [-0.39, 0.29) is 0 Å². The summed E-state index contributed by atoms with van der Waals surface area (Å²) in [6, 6.07) is 17.9. The van der Waals surface area contributed by atoms with Gasteiger partial charge in [-0.25, -0.2) is 0 Å². The molecule has 0 N–H and O–H groups in total. The Morgan fingerprint density at radius 3 is 2.41 bits per heavy atom. The predicted molar refractivity (Wildman–Crippen MR) is 90.9 cm³/mol. The highest BCUT2D eigenvalue weighted by molar-refractivity contribution is 5.84. The molecule has 22 heavy (non-hydrogen) atoms. The van der Waals surface area contributed by atoms with Gasteiger partial charge in [0.05, 0.1) is 23.0 Å². The van der Waals surface area contributed by atoms with Crippen LogP contribution in [0.3, 0.4) is 0 Å². The lowest BCUT2D eigenvalue weighted by Crippen LogP contribution is -2.29. The Bertz CT molecular complexity index is 689. The second-order valence-electron chi connectivity index (χ2n) is 5.53. The third-order valence-electron chi connectivity index (χ3n) is 3.97. The maximum Gasteiger partial charge on any atom is 0.0991 e. The first-order valence-electron chi connectivity index (χ1n) is 7.75. The summed E-state index contributed by atoms with van der Waals surface area (Å²) in [5.74, 6) is 0. The molecule has 3 rings (SSSR count). The average Bonchev–Trinajstić information content (AvgIpc) is 2.61. The second-order valence-corrected chi connectivity index (χ2v) is 5.53. The number of nitriles is 1. The molecule has 0 spiro atoms. The van der Waals surface area contributed by atoms with Gasteiger partial charge in [0, 0.05) is 19.3 Å². The predicted octanol–water partition coefficient (Wildman–Crippen LogP) is 4.30. The van der Waals surface area contributed by atoms with Crippen molar-refractivity contribution in [3.05, 3.63) is 59.7 Å². The van der Waals surface area contributed by atoms with E-state index >= 15 is 0 Å². The van der Waals surface area contributed by atoms with Crippen molar-refractivity contribution in [1.82, 2.24) is 0 Å². The number of nitrogens with zero attached hydrogens (tertiary/aromatic N) is 3. The van der Waals surface area contributed by atoms with Gasteiger partial charge in [-0.05, 0) is 49.1 Å². The van der Waals surface area contributed by atoms with Gasteiger partial charge in [0.15, 0.2) is 0 Å². The largest absolute Gasteiger partial charge is 0.370 e. The van der Waals surface area contributed by atoms with Gasteiger partial charge in [-0.1, -0.05) is 24.3 Å². The van der Waals surface area contributed by atoms with Crippen molar-refractivity contribution in [3.63, 3.8) is 0 Å². The summed E-state index contributed by atoms with van der Waals surface area (Å²) in [6.45, 7) is 2.23. The van der Waals surface area contributed by atoms with Gasteiger partial charge in [-0.15, -0.1) is 0 Å². The lowest BCUT2D eigenvalue weighted by Gasteiger charge is -2.29. The van der Waals surface area contributed by atoms with E-state index in [0.29, 0.717) is 5.56 Å². The minimum absolute atomic E-state index is 0.672. The van der Waals surface area contributed by atoms with Gasteiger partial charge in [0.2, 0.25) is 0 Å². The number of para-hydroxylation sites is 2. The number of anilines is 1. The zero-order valence-electron chi connectivity index (χ0n) is 12.6. The van der Waals surface area contributed by atoms with Crippen LogP contribution in [-0.4, -0.2) is 19.3 Å². The molecular weight excluding hydrogens is 270 g/mol. The summed E-state index contributed by atoms with van der Waals surface area (Å²) in [7, 11) is 0. The molecule has 0 unspecified atom stereocenters. The molecule has 2 aromatic rings. The van der Waals surface area contributed by atoms with Gasteiger partial charge >= 0.3 is 0 Å². The van der Waals surface area contributed by atoms with Crippen molar-refractivity contribution in [2.45, 2.75) is 19.3 Å². The van der Waals surface area contributed by atoms with E-state index in [1.54, 1.807) is 0 Å². The van der Waals surface area contributed by atoms with Gasteiger partial charge in [0.25, 0.3) is 0 Å². The molecule has 3 heteroatoms. The van der Waals surface area contributed by atoms with E-state index in [1.807, 2.05) is 36.5 Å². The van der Waals surface area contributed by atoms with Crippen molar-refractivity contribution in [3.8, 4) is 6.07 Å². The number of aliphatic imine (C=N–C) groups is 1. The number of hydrogen-bond donors (Lipinski definition) is 0. The molecule has 1 heterocycles. The molecule has 1 saturated heterocycles. The van der Waals surface area contributed by atoms with Crippen LogP contribution in [0.15, 0.2) is 53.5 Å². The summed E-state index contributed by atoms with van der Waals surface area (Å²) in [5.41, 5.74) is 3.90. The summed E-state index contributed by atoms with van der Waals surface area (Å²) in [5, 5.41) is 8.83. The van der Waals surface area contributed by atoms with E-state index in [0.717, 1.165) is 24.3 Å². The third-order valence-corrected chi connectivity index (χ3v) is 3.97. The fourth-order valence-corrected chi connectivity index (χ4v) is 2.76. The molecule has 0 saturated carbocycles. The number of benzene rings is 2. The van der Waals surface area contributed by atoms with E-state index < -0.39 is 0 Å². The van der Waals surface area contributed by atoms with Gasteiger partial charge in [-0.2, -0.15) is 5.26 Å².